The normalized spacial score (nSPS) is 51.7. The predicted molar refractivity (Wildman–Crippen MR) is 96.9 cm³/mol. The molecule has 0 saturated heterocycles. The molecule has 0 spiro atoms. The summed E-state index contributed by atoms with van der Waals surface area (Å²) in [5, 5.41) is 28.5. The van der Waals surface area contributed by atoms with Crippen LogP contribution in [0.25, 0.3) is 0 Å². The molecule has 4 nitrogen and oxygen atoms in total. The molecular formula is C21H36O4. The van der Waals surface area contributed by atoms with Crippen molar-refractivity contribution >= 4 is 5.78 Å². The second kappa shape index (κ2) is 6.94. The second-order valence-electron chi connectivity index (χ2n) is 9.46. The van der Waals surface area contributed by atoms with Crippen molar-refractivity contribution in [3.63, 3.8) is 0 Å². The number of aliphatic hydroxyl groups is 3. The summed E-state index contributed by atoms with van der Waals surface area (Å²) >= 11 is 0. The van der Waals surface area contributed by atoms with E-state index in [1.54, 1.807) is 6.92 Å². The Balaban J connectivity index is 0.000000569. The molecule has 4 aliphatic carbocycles. The fourth-order valence-corrected chi connectivity index (χ4v) is 6.97. The van der Waals surface area contributed by atoms with Crippen molar-refractivity contribution in [1.29, 1.82) is 0 Å². The Labute approximate surface area is 152 Å². The van der Waals surface area contributed by atoms with E-state index in [0.717, 1.165) is 51.4 Å². The SMILES string of the molecule is CC12CCC3C(C1CCC2=O)[C@@H](O)C[C@H]1C[C@@H](O)CCC31C.CCO. The largest absolute Gasteiger partial charge is 0.397 e. The maximum atomic E-state index is 12.4. The molecule has 0 radical (unpaired) electrons. The molecule has 4 rings (SSSR count). The summed E-state index contributed by atoms with van der Waals surface area (Å²) in [4.78, 5) is 12.4. The van der Waals surface area contributed by atoms with Gasteiger partial charge in [-0.05, 0) is 81.0 Å². The van der Waals surface area contributed by atoms with Crippen molar-refractivity contribution in [2.24, 2.45) is 34.5 Å². The lowest BCUT2D eigenvalue weighted by Crippen LogP contribution is -2.58. The summed E-state index contributed by atoms with van der Waals surface area (Å²) in [6.45, 7) is 6.50. The topological polar surface area (TPSA) is 77.8 Å². The van der Waals surface area contributed by atoms with E-state index in [9.17, 15) is 15.0 Å². The first-order chi connectivity index (χ1) is 11.8. The van der Waals surface area contributed by atoms with Gasteiger partial charge >= 0.3 is 0 Å². The standard InChI is InChI=1S/C19H30O3.C2H6O/c1-18-7-5-12(20)9-11(18)10-15(21)17-13-3-4-16(22)19(13,2)8-6-14(17)18;1-2-3/h11-15,17,20-21H,3-10H2,1-2H3;3H,2H2,1H3/t11-,12+,13?,14?,15+,17?,18?,19?;/m1./s1. The van der Waals surface area contributed by atoms with E-state index in [-0.39, 0.29) is 29.6 Å². The van der Waals surface area contributed by atoms with E-state index in [4.69, 9.17) is 5.11 Å². The Morgan fingerprint density at radius 1 is 1.04 bits per heavy atom. The molecule has 3 N–H and O–H groups in total. The van der Waals surface area contributed by atoms with Crippen molar-refractivity contribution in [2.45, 2.75) is 84.3 Å². The van der Waals surface area contributed by atoms with Gasteiger partial charge in [0.1, 0.15) is 5.78 Å². The lowest BCUT2D eigenvalue weighted by Gasteiger charge is -2.61. The molecule has 5 unspecified atom stereocenters. The van der Waals surface area contributed by atoms with Gasteiger partial charge in [0.25, 0.3) is 0 Å². The molecule has 8 atom stereocenters. The van der Waals surface area contributed by atoms with Crippen molar-refractivity contribution in [1.82, 2.24) is 0 Å². The molecule has 4 fully saturated rings. The van der Waals surface area contributed by atoms with E-state index in [1.165, 1.54) is 0 Å². The highest BCUT2D eigenvalue weighted by Gasteiger charge is 2.62. The number of aliphatic hydroxyl groups excluding tert-OH is 3. The Morgan fingerprint density at radius 3 is 2.40 bits per heavy atom. The van der Waals surface area contributed by atoms with Crippen LogP contribution in [0.2, 0.25) is 0 Å². The average Bonchev–Trinajstić information content (AvgIpc) is 2.86. The molecule has 0 aromatic rings. The van der Waals surface area contributed by atoms with Crippen molar-refractivity contribution in [3.05, 3.63) is 0 Å². The second-order valence-corrected chi connectivity index (χ2v) is 9.46. The number of fused-ring (bicyclic) bond motifs is 5. The van der Waals surface area contributed by atoms with Gasteiger partial charge in [-0.2, -0.15) is 0 Å². The van der Waals surface area contributed by atoms with Gasteiger partial charge in [0, 0.05) is 18.4 Å². The number of hydrogen-bond acceptors (Lipinski definition) is 4. The Hall–Kier alpha value is -0.450. The van der Waals surface area contributed by atoms with Crippen LogP contribution in [-0.2, 0) is 4.79 Å². The molecule has 4 heteroatoms. The molecule has 4 aliphatic rings. The van der Waals surface area contributed by atoms with Gasteiger partial charge in [-0.3, -0.25) is 4.79 Å². The van der Waals surface area contributed by atoms with E-state index >= 15 is 0 Å². The highest BCUT2D eigenvalue weighted by Crippen LogP contribution is 2.65. The summed E-state index contributed by atoms with van der Waals surface area (Å²) in [5.41, 5.74) is 0.0929. The van der Waals surface area contributed by atoms with E-state index < -0.39 is 0 Å². The van der Waals surface area contributed by atoms with Gasteiger partial charge in [0.15, 0.2) is 0 Å². The van der Waals surface area contributed by atoms with E-state index in [2.05, 4.69) is 13.8 Å². The lowest BCUT2D eigenvalue weighted by atomic mass is 9.44. The highest BCUT2D eigenvalue weighted by molar-refractivity contribution is 5.87. The third-order valence-electron chi connectivity index (χ3n) is 8.36. The fraction of sp³-hybridized carbons (Fsp3) is 0.952. The molecular weight excluding hydrogens is 316 g/mol. The monoisotopic (exact) mass is 352 g/mol. The third kappa shape index (κ3) is 2.98. The van der Waals surface area contributed by atoms with Crippen molar-refractivity contribution in [3.8, 4) is 0 Å². The van der Waals surface area contributed by atoms with Crippen LogP contribution in [0.1, 0.15) is 72.1 Å². The molecule has 0 bridgehead atoms. The molecule has 0 heterocycles. The van der Waals surface area contributed by atoms with Crippen LogP contribution in [-0.4, -0.2) is 39.9 Å². The summed E-state index contributed by atoms with van der Waals surface area (Å²) < 4.78 is 0. The van der Waals surface area contributed by atoms with Gasteiger partial charge in [0.2, 0.25) is 0 Å². The van der Waals surface area contributed by atoms with Gasteiger partial charge in [-0.25, -0.2) is 0 Å². The average molecular weight is 353 g/mol. The lowest BCUT2D eigenvalue weighted by molar-refractivity contribution is -0.171. The number of rotatable bonds is 0. The molecule has 0 aliphatic heterocycles. The number of Topliss-reactive ketones (excluding diaryl/α,β-unsaturated/α-hetero) is 1. The van der Waals surface area contributed by atoms with Crippen molar-refractivity contribution in [2.75, 3.05) is 6.61 Å². The van der Waals surface area contributed by atoms with Crippen LogP contribution in [0, 0.1) is 34.5 Å². The number of carbonyl (C=O) groups is 1. The quantitative estimate of drug-likeness (QED) is 0.626. The van der Waals surface area contributed by atoms with Gasteiger partial charge < -0.3 is 15.3 Å². The Bertz CT molecular complexity index is 506. The van der Waals surface area contributed by atoms with Crippen LogP contribution in [0.4, 0.5) is 0 Å². The Morgan fingerprint density at radius 2 is 1.72 bits per heavy atom. The first-order valence-corrected chi connectivity index (χ1v) is 10.3. The van der Waals surface area contributed by atoms with Crippen LogP contribution < -0.4 is 0 Å². The minimum Gasteiger partial charge on any atom is -0.397 e. The van der Waals surface area contributed by atoms with Crippen LogP contribution in [0.5, 0.6) is 0 Å². The van der Waals surface area contributed by atoms with E-state index in [1.807, 2.05) is 0 Å². The predicted octanol–water partition coefficient (Wildman–Crippen LogP) is 2.93. The summed E-state index contributed by atoms with van der Waals surface area (Å²) in [6.07, 6.45) is 7.03. The minimum atomic E-state index is -0.274. The van der Waals surface area contributed by atoms with Crippen molar-refractivity contribution < 1.29 is 20.1 Å². The van der Waals surface area contributed by atoms with E-state index in [0.29, 0.717) is 29.5 Å². The summed E-state index contributed by atoms with van der Waals surface area (Å²) in [5.74, 6) is 2.13. The molecule has 0 aromatic carbocycles. The first kappa shape index (κ1) is 19.3. The fourth-order valence-electron chi connectivity index (χ4n) is 6.97. The Kier molecular flexibility index (Phi) is 5.36. The maximum absolute atomic E-state index is 12.4. The first-order valence-electron chi connectivity index (χ1n) is 10.3. The summed E-state index contributed by atoms with van der Waals surface area (Å²) in [6, 6.07) is 0. The van der Waals surface area contributed by atoms with Gasteiger partial charge in [-0.15, -0.1) is 0 Å². The summed E-state index contributed by atoms with van der Waals surface area (Å²) in [7, 11) is 0. The molecule has 0 amide bonds. The molecule has 144 valence electrons. The number of hydrogen-bond donors (Lipinski definition) is 3. The molecule has 25 heavy (non-hydrogen) atoms. The molecule has 0 aromatic heterocycles. The van der Waals surface area contributed by atoms with Crippen LogP contribution >= 0.6 is 0 Å². The third-order valence-corrected chi connectivity index (χ3v) is 8.36. The van der Waals surface area contributed by atoms with Crippen LogP contribution in [0.15, 0.2) is 0 Å². The highest BCUT2D eigenvalue weighted by atomic mass is 16.3. The number of carbonyl (C=O) groups excluding carboxylic acids is 1. The zero-order valence-electron chi connectivity index (χ0n) is 16.1. The molecule has 4 saturated carbocycles. The van der Waals surface area contributed by atoms with Gasteiger partial charge in [-0.1, -0.05) is 13.8 Å². The zero-order valence-corrected chi connectivity index (χ0v) is 16.1. The van der Waals surface area contributed by atoms with Crippen LogP contribution in [0.3, 0.4) is 0 Å². The maximum Gasteiger partial charge on any atom is 0.139 e. The zero-order chi connectivity index (χ0) is 18.4. The smallest absolute Gasteiger partial charge is 0.139 e. The van der Waals surface area contributed by atoms with Gasteiger partial charge in [0.05, 0.1) is 12.2 Å². The minimum absolute atomic E-state index is 0.167. The number of ketones is 1.